The summed E-state index contributed by atoms with van der Waals surface area (Å²) in [6.45, 7) is 0. The van der Waals surface area contributed by atoms with Crippen LogP contribution in [0.5, 0.6) is 0 Å². The lowest BCUT2D eigenvalue weighted by Crippen LogP contribution is -2.17. The van der Waals surface area contributed by atoms with Gasteiger partial charge >= 0.3 is 0 Å². The van der Waals surface area contributed by atoms with Gasteiger partial charge in [-0.05, 0) is 30.4 Å². The topological polar surface area (TPSA) is 97.5 Å². The van der Waals surface area contributed by atoms with Gasteiger partial charge in [0.05, 0.1) is 10.5 Å². The van der Waals surface area contributed by atoms with Gasteiger partial charge in [-0.2, -0.15) is 5.10 Å². The van der Waals surface area contributed by atoms with Crippen LogP contribution in [0.25, 0.3) is 6.08 Å². The number of para-hydroxylation sites is 1. The molecular formula is C15H12N4O3. The summed E-state index contributed by atoms with van der Waals surface area (Å²) in [4.78, 5) is 25.8. The van der Waals surface area contributed by atoms with Crippen LogP contribution >= 0.6 is 0 Å². The molecule has 0 aliphatic rings. The SMILES string of the molecule is O=C(N/N=C/C=C\c1ccccc1[N+](=O)[O-])c1ccncc1. The van der Waals surface area contributed by atoms with Crippen LogP contribution in [0.2, 0.25) is 0 Å². The van der Waals surface area contributed by atoms with Crippen LogP contribution in [0.3, 0.4) is 0 Å². The zero-order valence-corrected chi connectivity index (χ0v) is 11.4. The second kappa shape index (κ2) is 7.44. The molecule has 1 amide bonds. The van der Waals surface area contributed by atoms with E-state index in [1.165, 1.54) is 30.8 Å². The highest BCUT2D eigenvalue weighted by molar-refractivity contribution is 5.94. The van der Waals surface area contributed by atoms with Crippen LogP contribution < -0.4 is 5.43 Å². The summed E-state index contributed by atoms with van der Waals surface area (Å²) < 4.78 is 0. The third-order valence-corrected chi connectivity index (χ3v) is 2.68. The van der Waals surface area contributed by atoms with Gasteiger partial charge in [0.1, 0.15) is 0 Å². The van der Waals surface area contributed by atoms with Gasteiger partial charge in [0, 0.05) is 30.2 Å². The number of aromatic nitrogens is 1. The minimum atomic E-state index is -0.456. The first-order valence-corrected chi connectivity index (χ1v) is 6.32. The number of hydrogen-bond acceptors (Lipinski definition) is 5. The zero-order valence-electron chi connectivity index (χ0n) is 11.4. The number of allylic oxidation sites excluding steroid dienone is 1. The molecule has 2 rings (SSSR count). The van der Waals surface area contributed by atoms with E-state index in [1.54, 1.807) is 36.4 Å². The molecule has 0 aliphatic heterocycles. The Kier molecular flexibility index (Phi) is 5.09. The molecule has 0 saturated heterocycles. The van der Waals surface area contributed by atoms with E-state index >= 15 is 0 Å². The summed E-state index contributed by atoms with van der Waals surface area (Å²) in [7, 11) is 0. The van der Waals surface area contributed by atoms with Crippen LogP contribution in [0.15, 0.2) is 60.0 Å². The number of nitro groups is 1. The Hall–Kier alpha value is -3.35. The maximum absolute atomic E-state index is 11.7. The van der Waals surface area contributed by atoms with Gasteiger partial charge in [0.15, 0.2) is 0 Å². The standard InChI is InChI=1S/C15H12N4O3/c20-15(13-7-10-16-11-8-13)18-17-9-3-5-12-4-1-2-6-14(12)19(21)22/h1-11H,(H,18,20)/b5-3-,17-9+. The fourth-order valence-electron chi connectivity index (χ4n) is 1.65. The Morgan fingerprint density at radius 1 is 1.23 bits per heavy atom. The number of pyridine rings is 1. The minimum absolute atomic E-state index is 0.00738. The summed E-state index contributed by atoms with van der Waals surface area (Å²) in [5.41, 5.74) is 3.25. The van der Waals surface area contributed by atoms with E-state index in [1.807, 2.05) is 0 Å². The number of hydrogen-bond donors (Lipinski definition) is 1. The number of hydrazone groups is 1. The Bertz CT molecular complexity index is 727. The number of carbonyl (C=O) groups is 1. The Labute approximate surface area is 126 Å². The third kappa shape index (κ3) is 4.07. The van der Waals surface area contributed by atoms with Gasteiger partial charge in [-0.25, -0.2) is 5.43 Å². The van der Waals surface area contributed by atoms with Crippen molar-refractivity contribution in [2.75, 3.05) is 0 Å². The second-order valence-corrected chi connectivity index (χ2v) is 4.13. The quantitative estimate of drug-likeness (QED) is 0.520. The minimum Gasteiger partial charge on any atom is -0.267 e. The number of carbonyl (C=O) groups excluding carboxylic acids is 1. The molecule has 1 heterocycles. The molecule has 1 aromatic carbocycles. The molecule has 0 bridgehead atoms. The fraction of sp³-hybridized carbons (Fsp3) is 0. The van der Waals surface area contributed by atoms with E-state index in [9.17, 15) is 14.9 Å². The number of amides is 1. The molecule has 0 atom stereocenters. The van der Waals surface area contributed by atoms with Crippen LogP contribution in [-0.2, 0) is 0 Å². The highest BCUT2D eigenvalue weighted by atomic mass is 16.6. The molecule has 0 saturated carbocycles. The van der Waals surface area contributed by atoms with Crippen molar-refractivity contribution in [3.63, 3.8) is 0 Å². The number of rotatable bonds is 5. The Morgan fingerprint density at radius 2 is 1.95 bits per heavy atom. The lowest BCUT2D eigenvalue weighted by molar-refractivity contribution is -0.385. The van der Waals surface area contributed by atoms with Crippen molar-refractivity contribution in [1.82, 2.24) is 10.4 Å². The normalized spacial score (nSPS) is 10.9. The third-order valence-electron chi connectivity index (χ3n) is 2.68. The monoisotopic (exact) mass is 296 g/mol. The molecule has 0 spiro atoms. The maximum Gasteiger partial charge on any atom is 0.276 e. The van der Waals surface area contributed by atoms with Gasteiger partial charge < -0.3 is 0 Å². The van der Waals surface area contributed by atoms with Crippen LogP contribution in [0, 0.1) is 10.1 Å². The molecule has 0 radical (unpaired) electrons. The molecule has 1 aromatic heterocycles. The van der Waals surface area contributed by atoms with E-state index in [2.05, 4.69) is 15.5 Å². The lowest BCUT2D eigenvalue weighted by atomic mass is 10.2. The summed E-state index contributed by atoms with van der Waals surface area (Å²) in [5.74, 6) is -0.363. The first-order valence-electron chi connectivity index (χ1n) is 6.32. The fourth-order valence-corrected chi connectivity index (χ4v) is 1.65. The maximum atomic E-state index is 11.7. The molecule has 22 heavy (non-hydrogen) atoms. The molecule has 0 fully saturated rings. The highest BCUT2D eigenvalue weighted by Gasteiger charge is 2.08. The van der Waals surface area contributed by atoms with Gasteiger partial charge in [-0.1, -0.05) is 12.1 Å². The molecular weight excluding hydrogens is 284 g/mol. The predicted octanol–water partition coefficient (Wildman–Crippen LogP) is 2.42. The molecule has 0 unspecified atom stereocenters. The van der Waals surface area contributed by atoms with Crippen molar-refractivity contribution in [3.05, 3.63) is 76.1 Å². The summed E-state index contributed by atoms with van der Waals surface area (Å²) >= 11 is 0. The van der Waals surface area contributed by atoms with Crippen molar-refractivity contribution < 1.29 is 9.72 Å². The van der Waals surface area contributed by atoms with E-state index in [-0.39, 0.29) is 11.6 Å². The van der Waals surface area contributed by atoms with E-state index in [4.69, 9.17) is 0 Å². The molecule has 0 aliphatic carbocycles. The molecule has 2 aromatic rings. The summed E-state index contributed by atoms with van der Waals surface area (Å²) in [6.07, 6.45) is 7.41. The van der Waals surface area contributed by atoms with Gasteiger partial charge in [-0.3, -0.25) is 19.9 Å². The lowest BCUT2D eigenvalue weighted by Gasteiger charge is -1.97. The molecule has 7 heteroatoms. The first-order chi connectivity index (χ1) is 10.7. The molecule has 7 nitrogen and oxygen atoms in total. The number of nitro benzene ring substituents is 1. The smallest absolute Gasteiger partial charge is 0.267 e. The number of nitrogens with zero attached hydrogens (tertiary/aromatic N) is 3. The Morgan fingerprint density at radius 3 is 2.68 bits per heavy atom. The van der Waals surface area contributed by atoms with Crippen LogP contribution in [-0.4, -0.2) is 22.0 Å². The van der Waals surface area contributed by atoms with Crippen LogP contribution in [0.4, 0.5) is 5.69 Å². The molecule has 1 N–H and O–H groups in total. The zero-order chi connectivity index (χ0) is 15.8. The van der Waals surface area contributed by atoms with Gasteiger partial charge in [-0.15, -0.1) is 0 Å². The number of benzene rings is 1. The van der Waals surface area contributed by atoms with E-state index in [0.717, 1.165) is 0 Å². The largest absolute Gasteiger partial charge is 0.276 e. The Balaban J connectivity index is 1.96. The average Bonchev–Trinajstić information content (AvgIpc) is 2.55. The van der Waals surface area contributed by atoms with Crippen molar-refractivity contribution in [2.45, 2.75) is 0 Å². The number of nitrogens with one attached hydrogen (secondary N) is 1. The van der Waals surface area contributed by atoms with Crippen molar-refractivity contribution in [1.29, 1.82) is 0 Å². The van der Waals surface area contributed by atoms with Crippen molar-refractivity contribution in [2.24, 2.45) is 5.10 Å². The summed E-state index contributed by atoms with van der Waals surface area (Å²) in [6, 6.07) is 9.47. The van der Waals surface area contributed by atoms with Crippen molar-refractivity contribution >= 4 is 23.9 Å². The first kappa shape index (κ1) is 15.0. The molecule has 110 valence electrons. The average molecular weight is 296 g/mol. The predicted molar refractivity (Wildman–Crippen MR) is 82.3 cm³/mol. The van der Waals surface area contributed by atoms with Crippen LogP contribution in [0.1, 0.15) is 15.9 Å². The second-order valence-electron chi connectivity index (χ2n) is 4.13. The van der Waals surface area contributed by atoms with E-state index in [0.29, 0.717) is 11.1 Å². The van der Waals surface area contributed by atoms with Crippen molar-refractivity contribution in [3.8, 4) is 0 Å². The van der Waals surface area contributed by atoms with Gasteiger partial charge in [0.25, 0.3) is 11.6 Å². The highest BCUT2D eigenvalue weighted by Crippen LogP contribution is 2.18. The summed E-state index contributed by atoms with van der Waals surface area (Å²) in [5, 5.41) is 14.6. The van der Waals surface area contributed by atoms with E-state index < -0.39 is 4.92 Å². The van der Waals surface area contributed by atoms with Gasteiger partial charge in [0.2, 0.25) is 0 Å².